The monoisotopic (exact) mass is 1790 g/mol. The van der Waals surface area contributed by atoms with Crippen molar-refractivity contribution in [3.63, 3.8) is 0 Å². The predicted octanol–water partition coefficient (Wildman–Crippen LogP) is 9.88. The first-order chi connectivity index (χ1) is 58.0. The molecule has 5 aliphatic heterocycles. The Kier molecular flexibility index (Phi) is 46.7. The summed E-state index contributed by atoms with van der Waals surface area (Å²) in [6.07, 6.45) is -5.54. The van der Waals surface area contributed by atoms with Gasteiger partial charge in [-0.05, 0) is 143 Å². The lowest BCUT2D eigenvalue weighted by molar-refractivity contribution is -0.308. The van der Waals surface area contributed by atoms with E-state index in [0.29, 0.717) is 24.8 Å². The molecule has 6 unspecified atom stereocenters. The molecular weight excluding hydrogens is 1640 g/mol. The van der Waals surface area contributed by atoms with Crippen molar-refractivity contribution in [3.05, 3.63) is 30.5 Å². The molecule has 4 amide bonds. The van der Waals surface area contributed by atoms with Gasteiger partial charge in [0.15, 0.2) is 37.6 Å². The van der Waals surface area contributed by atoms with Gasteiger partial charge in [0.2, 0.25) is 17.7 Å². The number of aromatic nitrogens is 3. The summed E-state index contributed by atoms with van der Waals surface area (Å²) < 4.78 is 124. The van der Waals surface area contributed by atoms with E-state index in [9.17, 15) is 61.5 Å². The highest BCUT2D eigenvalue weighted by atomic mass is 19.3. The molecule has 4 N–H and O–H groups in total. The van der Waals surface area contributed by atoms with Crippen LogP contribution in [0.3, 0.4) is 0 Å². The summed E-state index contributed by atoms with van der Waals surface area (Å²) in [6.45, 7) is 52.0. The fraction of sp³-hybridized carbons (Fsp3) is 0.784. The Bertz CT molecular complexity index is 3650. The van der Waals surface area contributed by atoms with Crippen LogP contribution in [0.15, 0.2) is 30.5 Å². The standard InChI is InChI=1S/C26H35N3O8.C16H27F2NO5.C16H29NO5.2C15H27NO5/c1-15(30)11-20-23(34-16(2)31)24(35-17(3)32)22(36-25(20)37-26(4,5)6)14-29-13-21(27-28-29)18-9-8-10-19(12-18)33-7;1-8(2)23-14-13(19-15(21)16(6,17)18)10(4)9(3)12(24-14)7-22-11(5)20;1-7-14(19)17-15-11(5)10(4)13(8-20-12(6)18)22-16(15)21-9(2)3;2*1-8(2)20-15-14(16-11(5)17)10(4)9(3)13(21-15)7-19-12(6)18/h8-10,12-13,20,22-25H,11,14H2,1-7H3;8-10,12-14H,7H2,1-6H3,(H,19,21);9-11,13,15-16H,7-8H2,1-6H3,(H,17,19);2*8-10,13-15H,7H2,1-6H3,(H,16,17)/t20-,22?,23-,24+,25?;9-,10+,12-,13-,14?;10-,11+,13-,15-,16?;2*9-,10+,13-,14-,15?/m11111/s1. The van der Waals surface area contributed by atoms with E-state index in [2.05, 4.69) is 38.5 Å². The molecule has 1 aromatic heterocycles. The molecule has 1 aromatic carbocycles. The highest BCUT2D eigenvalue weighted by Crippen LogP contribution is 2.40. The topological polar surface area (TPSA) is 424 Å². The van der Waals surface area contributed by atoms with Crippen molar-refractivity contribution < 1.29 is 142 Å². The van der Waals surface area contributed by atoms with Crippen LogP contribution in [0.4, 0.5) is 8.78 Å². The number of ketones is 1. The van der Waals surface area contributed by atoms with Gasteiger partial charge in [-0.1, -0.05) is 79.7 Å². The molecule has 0 spiro atoms. The number of halogens is 2. The highest BCUT2D eigenvalue weighted by molar-refractivity contribution is 5.83. The van der Waals surface area contributed by atoms with Gasteiger partial charge in [0.05, 0.1) is 104 Å². The van der Waals surface area contributed by atoms with E-state index in [1.807, 2.05) is 142 Å². The second-order valence-corrected chi connectivity index (χ2v) is 34.8. The van der Waals surface area contributed by atoms with Crippen molar-refractivity contribution in [1.82, 2.24) is 36.3 Å². The summed E-state index contributed by atoms with van der Waals surface area (Å²) in [5, 5.41) is 19.6. The van der Waals surface area contributed by atoms with E-state index in [1.54, 1.807) is 31.8 Å². The van der Waals surface area contributed by atoms with E-state index < -0.39 is 103 Å². The van der Waals surface area contributed by atoms with Gasteiger partial charge in [-0.25, -0.2) is 4.68 Å². The third-order valence-corrected chi connectivity index (χ3v) is 21.5. The first-order valence-corrected chi connectivity index (χ1v) is 43.0. The number of Topliss-reactive ketones (excluding diaryl/α,β-unsaturated/α-hetero) is 1. The maximum absolute atomic E-state index is 13.2. The van der Waals surface area contributed by atoms with Gasteiger partial charge in [0, 0.05) is 80.7 Å². The number of alkyl halides is 2. The number of esters is 6. The van der Waals surface area contributed by atoms with Crippen LogP contribution in [0.5, 0.6) is 5.75 Å². The molecule has 0 bridgehead atoms. The predicted molar refractivity (Wildman–Crippen MR) is 451 cm³/mol. The van der Waals surface area contributed by atoms with E-state index in [1.165, 1.54) is 62.3 Å². The van der Waals surface area contributed by atoms with Gasteiger partial charge >= 0.3 is 41.7 Å². The molecule has 0 aliphatic carbocycles. The molecule has 0 radical (unpaired) electrons. The Morgan fingerprint density at radius 1 is 0.464 bits per heavy atom. The fourth-order valence-corrected chi connectivity index (χ4v) is 14.4. The average molecular weight is 1790 g/mol. The van der Waals surface area contributed by atoms with Crippen LogP contribution in [0, 0.1) is 53.3 Å². The van der Waals surface area contributed by atoms with Crippen LogP contribution >= 0.6 is 0 Å². The minimum absolute atomic E-state index is 0.00644. The first kappa shape index (κ1) is 111. The molecule has 2 aromatic rings. The molecule has 714 valence electrons. The molecule has 0 saturated carbocycles. The van der Waals surface area contributed by atoms with Crippen LogP contribution in [0.1, 0.15) is 221 Å². The van der Waals surface area contributed by atoms with E-state index in [-0.39, 0.29) is 189 Å². The van der Waals surface area contributed by atoms with E-state index >= 15 is 0 Å². The molecule has 35 nitrogen and oxygen atoms in total. The SMILES string of the molecule is CC(=O)N[C@H]1C(OC(C)C)O[C@H](COC(C)=O)[C@H](C)[C@@H]1C.CC(=O)N[C@H]1C(OC(C)C)O[C@H](COC(C)=O)[C@H](C)[C@@H]1C.CC(=O)OC[C@H]1OC(OC(C)C)[C@H](NC(=O)C(C)(F)F)[C@@H](C)[C@H]1C.CCC(=O)N[C@H]1C(OC(C)C)O[C@H](COC(C)=O)[C@H](C)[C@@H]1C.COc1cccc(-c2cn(CC3OC(OC(C)(C)C)[C@H](CC(C)=O)[C@@H](OC(C)=O)[C@H]3OC(C)=O)nn2)c1. The molecule has 5 fully saturated rings. The minimum atomic E-state index is -3.49. The first-order valence-electron chi connectivity index (χ1n) is 43.0. The molecule has 125 heavy (non-hydrogen) atoms. The van der Waals surface area contributed by atoms with Gasteiger partial charge in [0.25, 0.3) is 5.91 Å². The van der Waals surface area contributed by atoms with E-state index in [0.717, 1.165) is 5.56 Å². The van der Waals surface area contributed by atoms with Crippen molar-refractivity contribution in [2.75, 3.05) is 33.5 Å². The van der Waals surface area contributed by atoms with Crippen molar-refractivity contribution in [2.24, 2.45) is 53.3 Å². The lowest BCUT2D eigenvalue weighted by Gasteiger charge is -2.46. The van der Waals surface area contributed by atoms with Crippen molar-refractivity contribution >= 4 is 65.2 Å². The Morgan fingerprint density at radius 3 is 1.11 bits per heavy atom. The molecule has 7 rings (SSSR count). The van der Waals surface area contributed by atoms with Crippen LogP contribution in [0.2, 0.25) is 0 Å². The van der Waals surface area contributed by atoms with Crippen LogP contribution < -0.4 is 26.0 Å². The minimum Gasteiger partial charge on any atom is -0.497 e. The van der Waals surface area contributed by atoms with Crippen LogP contribution in [-0.2, 0) is 135 Å². The zero-order chi connectivity index (χ0) is 95.2. The molecule has 5 saturated heterocycles. The van der Waals surface area contributed by atoms with E-state index in [4.69, 9.17) is 80.5 Å². The zero-order valence-electron chi connectivity index (χ0n) is 79.1. The van der Waals surface area contributed by atoms with Gasteiger partial charge in [-0.2, -0.15) is 8.78 Å². The number of nitrogens with zero attached hydrogens (tertiary/aromatic N) is 3. The number of carbonyl (C=O) groups is 11. The van der Waals surface area contributed by atoms with Crippen LogP contribution in [0.25, 0.3) is 11.3 Å². The highest BCUT2D eigenvalue weighted by Gasteiger charge is 2.53. The van der Waals surface area contributed by atoms with Gasteiger partial charge in [-0.15, -0.1) is 5.10 Å². The second kappa shape index (κ2) is 52.5. The lowest BCUT2D eigenvalue weighted by atomic mass is 9.82. The van der Waals surface area contributed by atoms with Crippen molar-refractivity contribution in [1.29, 1.82) is 0 Å². The Labute approximate surface area is 736 Å². The molecule has 6 heterocycles. The number of hydrogen-bond donors (Lipinski definition) is 4. The summed E-state index contributed by atoms with van der Waals surface area (Å²) in [6, 6.07) is 6.03. The smallest absolute Gasteiger partial charge is 0.321 e. The zero-order valence-corrected chi connectivity index (χ0v) is 79.1. The lowest BCUT2D eigenvalue weighted by Crippen LogP contribution is -2.60. The number of ether oxygens (including phenoxy) is 17. The number of carbonyl (C=O) groups excluding carboxylic acids is 11. The summed E-state index contributed by atoms with van der Waals surface area (Å²) in [5.41, 5.74) is 0.777. The molecule has 25 atom stereocenters. The largest absolute Gasteiger partial charge is 0.497 e. The quantitative estimate of drug-likeness (QED) is 0.0402. The third-order valence-electron chi connectivity index (χ3n) is 21.5. The Morgan fingerprint density at radius 2 is 0.808 bits per heavy atom. The number of rotatable bonds is 31. The summed E-state index contributed by atoms with van der Waals surface area (Å²) in [4.78, 5) is 127. The third kappa shape index (κ3) is 38.4. The maximum atomic E-state index is 13.2. The number of hydrogen-bond acceptors (Lipinski definition) is 30. The summed E-state index contributed by atoms with van der Waals surface area (Å²) in [7, 11) is 1.58. The van der Waals surface area contributed by atoms with Gasteiger partial charge < -0.3 is 107 Å². The number of nitrogens with one attached hydrogen (secondary N) is 4. The Balaban J connectivity index is 0.000000412. The van der Waals surface area contributed by atoms with Gasteiger partial charge in [-0.3, -0.25) is 47.9 Å². The summed E-state index contributed by atoms with van der Waals surface area (Å²) in [5.74, 6) is -7.35. The molecule has 37 heteroatoms. The molecule has 5 aliphatic rings. The number of methoxy groups -OCH3 is 1. The fourth-order valence-electron chi connectivity index (χ4n) is 14.4. The summed E-state index contributed by atoms with van der Waals surface area (Å²) >= 11 is 0. The number of benzene rings is 1. The Hall–Kier alpha value is -8.01. The normalized spacial score (nSPS) is 29.6. The van der Waals surface area contributed by atoms with Crippen molar-refractivity contribution in [2.45, 2.75) is 361 Å². The number of amides is 4. The maximum Gasteiger partial charge on any atom is 0.321 e. The molecular formula is C88H145F2N7O28. The van der Waals surface area contributed by atoms with Gasteiger partial charge in [0.1, 0.15) is 55.9 Å². The second-order valence-electron chi connectivity index (χ2n) is 34.8. The van der Waals surface area contributed by atoms with Crippen molar-refractivity contribution in [3.8, 4) is 17.0 Å². The van der Waals surface area contributed by atoms with Crippen LogP contribution in [-0.4, -0.2) is 248 Å². The average Bonchev–Trinajstić information content (AvgIpc) is 1.73.